The third kappa shape index (κ3) is 3.04. The highest BCUT2D eigenvalue weighted by Crippen LogP contribution is 2.50. The van der Waals surface area contributed by atoms with Gasteiger partial charge in [0.1, 0.15) is 0 Å². The number of fused-ring (bicyclic) bond motifs is 5. The highest BCUT2D eigenvalue weighted by atomic mass is 16.5. The van der Waals surface area contributed by atoms with Crippen molar-refractivity contribution in [3.05, 3.63) is 83.4 Å². The summed E-state index contributed by atoms with van der Waals surface area (Å²) in [5, 5.41) is 0. The van der Waals surface area contributed by atoms with E-state index in [0.29, 0.717) is 28.1 Å². The van der Waals surface area contributed by atoms with E-state index in [1.54, 1.807) is 35.2 Å². The molecule has 1 unspecified atom stereocenters. The quantitative estimate of drug-likeness (QED) is 0.457. The van der Waals surface area contributed by atoms with Crippen molar-refractivity contribution < 1.29 is 23.9 Å². The van der Waals surface area contributed by atoms with Gasteiger partial charge in [-0.1, -0.05) is 42.5 Å². The molecule has 3 aromatic carbocycles. The standard InChI is InChI=1S/C26H20N2O5/c1-27-19-13-12-17-16-10-6-7-11-18(16)28(25(31)15-8-4-3-5-9-15)20(14-21(29)33-2)22(17)23(19)24(30)26(27)32/h3-13,20H,14H2,1-2H3. The first-order valence-electron chi connectivity index (χ1n) is 10.5. The number of methoxy groups -OCH3 is 1. The molecule has 3 aromatic rings. The van der Waals surface area contributed by atoms with Crippen molar-refractivity contribution in [2.75, 3.05) is 24.0 Å². The van der Waals surface area contributed by atoms with Crippen molar-refractivity contribution in [3.63, 3.8) is 0 Å². The summed E-state index contributed by atoms with van der Waals surface area (Å²) in [5.74, 6) is -2.13. The van der Waals surface area contributed by atoms with Crippen molar-refractivity contribution >= 4 is 34.9 Å². The van der Waals surface area contributed by atoms with Crippen LogP contribution in [0.3, 0.4) is 0 Å². The molecule has 2 heterocycles. The molecular weight excluding hydrogens is 420 g/mol. The fraction of sp³-hybridized carbons (Fsp3) is 0.154. The SMILES string of the molecule is COC(=O)CC1c2c(ccc3c2C(=O)C(=O)N3C)-c2ccccc2N1C(=O)c1ccccc1. The molecule has 0 radical (unpaired) electrons. The molecule has 7 heteroatoms. The second-order valence-electron chi connectivity index (χ2n) is 7.97. The van der Waals surface area contributed by atoms with Gasteiger partial charge in [0, 0.05) is 18.2 Å². The lowest BCUT2D eigenvalue weighted by atomic mass is 9.82. The van der Waals surface area contributed by atoms with Gasteiger partial charge in [-0.15, -0.1) is 0 Å². The maximum atomic E-state index is 13.8. The van der Waals surface area contributed by atoms with Crippen LogP contribution < -0.4 is 9.80 Å². The number of nitrogens with zero attached hydrogens (tertiary/aromatic N) is 2. The molecule has 2 aliphatic rings. The molecule has 7 nitrogen and oxygen atoms in total. The Morgan fingerprint density at radius 1 is 0.879 bits per heavy atom. The second kappa shape index (κ2) is 7.70. The zero-order chi connectivity index (χ0) is 23.3. The van der Waals surface area contributed by atoms with Gasteiger partial charge in [0.15, 0.2) is 0 Å². The summed E-state index contributed by atoms with van der Waals surface area (Å²) in [5.41, 5.74) is 3.71. The first kappa shape index (κ1) is 20.6. The van der Waals surface area contributed by atoms with E-state index in [1.807, 2.05) is 36.4 Å². The molecule has 0 aliphatic carbocycles. The molecule has 0 spiro atoms. The Kier molecular flexibility index (Phi) is 4.82. The van der Waals surface area contributed by atoms with Crippen LogP contribution in [0.25, 0.3) is 11.1 Å². The van der Waals surface area contributed by atoms with E-state index in [-0.39, 0.29) is 17.9 Å². The number of likely N-dealkylation sites (N-methyl/N-ethyl adjacent to an activating group) is 1. The van der Waals surface area contributed by atoms with Crippen LogP contribution in [0.15, 0.2) is 66.7 Å². The number of Topliss-reactive ketones (excluding diaryl/α,β-unsaturated/α-hetero) is 1. The van der Waals surface area contributed by atoms with Gasteiger partial charge in [0.25, 0.3) is 17.6 Å². The van der Waals surface area contributed by atoms with E-state index in [4.69, 9.17) is 4.74 Å². The van der Waals surface area contributed by atoms with Crippen molar-refractivity contribution in [3.8, 4) is 11.1 Å². The zero-order valence-corrected chi connectivity index (χ0v) is 18.1. The number of anilines is 2. The van der Waals surface area contributed by atoms with Crippen LogP contribution in [0, 0.1) is 0 Å². The summed E-state index contributed by atoms with van der Waals surface area (Å²) in [4.78, 5) is 54.7. The van der Waals surface area contributed by atoms with Gasteiger partial charge in [-0.05, 0) is 35.4 Å². The van der Waals surface area contributed by atoms with Gasteiger partial charge in [0.05, 0.1) is 36.5 Å². The molecule has 2 aliphatic heterocycles. The van der Waals surface area contributed by atoms with Crippen LogP contribution in [0.4, 0.5) is 11.4 Å². The molecule has 33 heavy (non-hydrogen) atoms. The summed E-state index contributed by atoms with van der Waals surface area (Å²) in [6.07, 6.45) is -0.169. The number of ether oxygens (including phenoxy) is 1. The zero-order valence-electron chi connectivity index (χ0n) is 18.1. The Labute approximate surface area is 190 Å². The first-order valence-corrected chi connectivity index (χ1v) is 10.5. The normalized spacial score (nSPS) is 16.2. The number of esters is 1. The number of para-hydroxylation sites is 1. The van der Waals surface area contributed by atoms with Gasteiger partial charge < -0.3 is 9.64 Å². The maximum Gasteiger partial charge on any atom is 0.307 e. The third-order valence-corrected chi connectivity index (χ3v) is 6.24. The molecule has 164 valence electrons. The topological polar surface area (TPSA) is 84.0 Å². The highest BCUT2D eigenvalue weighted by Gasteiger charge is 2.44. The second-order valence-corrected chi connectivity index (χ2v) is 7.97. The lowest BCUT2D eigenvalue weighted by Crippen LogP contribution is -2.39. The van der Waals surface area contributed by atoms with Crippen LogP contribution in [-0.4, -0.2) is 37.7 Å². The number of benzene rings is 3. The molecular formula is C26H20N2O5. The summed E-state index contributed by atoms with van der Waals surface area (Å²) in [6.45, 7) is 0. The molecule has 0 fully saturated rings. The lowest BCUT2D eigenvalue weighted by molar-refractivity contribution is -0.141. The number of hydrogen-bond acceptors (Lipinski definition) is 5. The largest absolute Gasteiger partial charge is 0.469 e. The summed E-state index contributed by atoms with van der Waals surface area (Å²) < 4.78 is 4.94. The van der Waals surface area contributed by atoms with Gasteiger partial charge in [-0.25, -0.2) is 0 Å². The molecule has 0 saturated carbocycles. The Bertz CT molecular complexity index is 1330. The van der Waals surface area contributed by atoms with Gasteiger partial charge in [0.2, 0.25) is 0 Å². The van der Waals surface area contributed by atoms with Crippen LogP contribution in [0.5, 0.6) is 0 Å². The minimum Gasteiger partial charge on any atom is -0.469 e. The molecule has 5 rings (SSSR count). The van der Waals surface area contributed by atoms with E-state index < -0.39 is 23.7 Å². The summed E-state index contributed by atoms with van der Waals surface area (Å²) >= 11 is 0. The summed E-state index contributed by atoms with van der Waals surface area (Å²) in [7, 11) is 2.82. The van der Waals surface area contributed by atoms with E-state index in [0.717, 1.165) is 5.56 Å². The van der Waals surface area contributed by atoms with E-state index in [9.17, 15) is 19.2 Å². The fourth-order valence-electron chi connectivity index (χ4n) is 4.69. The van der Waals surface area contributed by atoms with E-state index >= 15 is 0 Å². The van der Waals surface area contributed by atoms with Crippen molar-refractivity contribution in [1.82, 2.24) is 0 Å². The predicted molar refractivity (Wildman–Crippen MR) is 122 cm³/mol. The average Bonchev–Trinajstić information content (AvgIpc) is 3.07. The average molecular weight is 440 g/mol. The summed E-state index contributed by atoms with van der Waals surface area (Å²) in [6, 6.07) is 18.8. The Morgan fingerprint density at radius 2 is 1.58 bits per heavy atom. The highest BCUT2D eigenvalue weighted by molar-refractivity contribution is 6.52. The van der Waals surface area contributed by atoms with Crippen LogP contribution >= 0.6 is 0 Å². The van der Waals surface area contributed by atoms with Crippen LogP contribution in [0.1, 0.15) is 38.7 Å². The maximum absolute atomic E-state index is 13.8. The molecule has 0 aromatic heterocycles. The number of carbonyl (C=O) groups excluding carboxylic acids is 4. The monoisotopic (exact) mass is 440 g/mol. The lowest BCUT2D eigenvalue weighted by Gasteiger charge is -2.39. The first-order chi connectivity index (χ1) is 15.9. The molecule has 0 N–H and O–H groups in total. The van der Waals surface area contributed by atoms with Crippen molar-refractivity contribution in [2.45, 2.75) is 12.5 Å². The van der Waals surface area contributed by atoms with Gasteiger partial charge >= 0.3 is 5.97 Å². The van der Waals surface area contributed by atoms with Crippen LogP contribution in [0.2, 0.25) is 0 Å². The Hall–Kier alpha value is -4.26. The minimum atomic E-state index is -0.826. The van der Waals surface area contributed by atoms with E-state index in [2.05, 4.69) is 0 Å². The molecule has 2 amide bonds. The Morgan fingerprint density at radius 3 is 2.30 bits per heavy atom. The molecule has 1 atom stereocenters. The number of carbonyl (C=O) groups is 4. The van der Waals surface area contributed by atoms with Gasteiger partial charge in [-0.3, -0.25) is 24.1 Å². The predicted octanol–water partition coefficient (Wildman–Crippen LogP) is 3.78. The van der Waals surface area contributed by atoms with Crippen molar-refractivity contribution in [2.24, 2.45) is 0 Å². The smallest absolute Gasteiger partial charge is 0.307 e. The fourth-order valence-corrected chi connectivity index (χ4v) is 4.69. The van der Waals surface area contributed by atoms with Crippen LogP contribution in [-0.2, 0) is 14.3 Å². The number of rotatable bonds is 3. The Balaban J connectivity index is 1.81. The van der Waals surface area contributed by atoms with E-state index in [1.165, 1.54) is 19.1 Å². The minimum absolute atomic E-state index is 0.169. The third-order valence-electron chi connectivity index (χ3n) is 6.24. The molecule has 0 saturated heterocycles. The number of amides is 2. The number of hydrogen-bond donors (Lipinski definition) is 0. The molecule has 0 bridgehead atoms. The number of ketones is 1. The van der Waals surface area contributed by atoms with Gasteiger partial charge in [-0.2, -0.15) is 0 Å². The van der Waals surface area contributed by atoms with Crippen molar-refractivity contribution in [1.29, 1.82) is 0 Å².